The van der Waals surface area contributed by atoms with E-state index in [2.05, 4.69) is 121 Å². The van der Waals surface area contributed by atoms with Gasteiger partial charge in [0.05, 0.1) is 0 Å². The van der Waals surface area contributed by atoms with Crippen LogP contribution in [-0.2, 0) is 0 Å². The van der Waals surface area contributed by atoms with Crippen LogP contribution in [0.25, 0.3) is 0 Å². The molecule has 0 saturated carbocycles. The second kappa shape index (κ2) is 10.3. The molecule has 0 saturated heterocycles. The van der Waals surface area contributed by atoms with Gasteiger partial charge >= 0.3 is 0 Å². The number of nitriles is 2. The van der Waals surface area contributed by atoms with Gasteiger partial charge in [0, 0.05) is 0 Å². The highest BCUT2D eigenvalue weighted by molar-refractivity contribution is 7.19. The van der Waals surface area contributed by atoms with Gasteiger partial charge in [-0.15, -0.1) is 0 Å². The third-order valence-corrected chi connectivity index (χ3v) is 5.31. The predicted octanol–water partition coefficient (Wildman–Crippen LogP) is 2.60. The second-order valence-electron chi connectivity index (χ2n) is 6.86. The Hall–Kier alpha value is -4.28. The third kappa shape index (κ3) is 4.24. The molecule has 0 radical (unpaired) electrons. The molecule has 0 spiro atoms. The van der Waals surface area contributed by atoms with E-state index in [0.717, 1.165) is 0 Å². The number of hydrogen-bond acceptors (Lipinski definition) is 3. The minimum absolute atomic E-state index is 1.22. The van der Waals surface area contributed by atoms with E-state index >= 15 is 0 Å². The van der Waals surface area contributed by atoms with Crippen LogP contribution in [0.1, 0.15) is 0 Å². The van der Waals surface area contributed by atoms with Gasteiger partial charge in [0.2, 0.25) is 0 Å². The molecule has 30 heavy (non-hydrogen) atoms. The first-order valence-electron chi connectivity index (χ1n) is 9.74. The van der Waals surface area contributed by atoms with Crippen LogP contribution < -0.4 is 27.2 Å². The summed E-state index contributed by atoms with van der Waals surface area (Å²) >= 11 is 0. The number of nitrogens with zero attached hydrogens (tertiary/aromatic N) is 2. The summed E-state index contributed by atoms with van der Waals surface area (Å²) < 4.78 is 0. The van der Waals surface area contributed by atoms with Gasteiger partial charge in [0.1, 0.15) is 6.15 Å². The summed E-state index contributed by atoms with van der Waals surface area (Å²) in [5.41, 5.74) is 5.36. The molecule has 4 aromatic rings. The van der Waals surface area contributed by atoms with E-state index in [-0.39, 0.29) is 0 Å². The summed E-state index contributed by atoms with van der Waals surface area (Å²) in [7, 11) is 0. The Balaban J connectivity index is 0.000000461. The number of rotatable bonds is 4. The quantitative estimate of drug-likeness (QED) is 0.333. The smallest absolute Gasteiger partial charge is 0.190 e. The lowest BCUT2D eigenvalue weighted by Gasteiger charge is -2.44. The zero-order valence-corrected chi connectivity index (χ0v) is 16.5. The molecule has 4 heteroatoms. The summed E-state index contributed by atoms with van der Waals surface area (Å²) in [4.78, 5) is 0. The van der Waals surface area contributed by atoms with Crippen molar-refractivity contribution in [1.29, 1.82) is 10.5 Å². The van der Waals surface area contributed by atoms with Crippen molar-refractivity contribution < 1.29 is 0 Å². The number of hydrogen-bond donors (Lipinski definition) is 1. The Morgan fingerprint density at radius 1 is 0.433 bits per heavy atom. The Bertz CT molecular complexity index is 942. The molecule has 0 atom stereocenters. The van der Waals surface area contributed by atoms with E-state index in [1.165, 1.54) is 34.2 Å². The zero-order valence-electron chi connectivity index (χ0n) is 16.5. The molecule has 3 nitrogen and oxygen atoms in total. The fourth-order valence-electron chi connectivity index (χ4n) is 4.15. The minimum Gasteiger partial charge on any atom is -0.229 e. The maximum atomic E-state index is 7.48. The molecule has 4 aromatic carbocycles. The Labute approximate surface area is 177 Å². The largest absolute Gasteiger partial charge is 0.229 e. The maximum Gasteiger partial charge on any atom is 0.190 e. The van der Waals surface area contributed by atoms with Crippen molar-refractivity contribution in [2.24, 2.45) is 0 Å². The molecule has 144 valence electrons. The highest BCUT2D eigenvalue weighted by Crippen LogP contribution is 2.09. The molecule has 0 bridgehead atoms. The van der Waals surface area contributed by atoms with Gasteiger partial charge in [-0.25, -0.2) is 5.32 Å². The highest BCUT2D eigenvalue weighted by atomic mass is 14.8. The van der Waals surface area contributed by atoms with E-state index in [1.54, 1.807) is 5.32 Å². The first-order chi connectivity index (χ1) is 14.8. The summed E-state index contributed by atoms with van der Waals surface area (Å²) in [5.74, 6) is 0. The van der Waals surface area contributed by atoms with Crippen molar-refractivity contribution in [3.63, 3.8) is 0 Å². The first kappa shape index (κ1) is 20.5. The van der Waals surface area contributed by atoms with E-state index in [1.807, 2.05) is 0 Å². The third-order valence-electron chi connectivity index (χ3n) is 5.31. The van der Waals surface area contributed by atoms with Gasteiger partial charge in [-0.1, -0.05) is 121 Å². The predicted molar refractivity (Wildman–Crippen MR) is 124 cm³/mol. The average molecular weight is 386 g/mol. The molecule has 0 heterocycles. The van der Waals surface area contributed by atoms with Crippen molar-refractivity contribution in [1.82, 2.24) is 5.32 Å². The van der Waals surface area contributed by atoms with Crippen LogP contribution in [0.3, 0.4) is 0 Å². The van der Waals surface area contributed by atoms with Crippen molar-refractivity contribution in [2.45, 2.75) is 0 Å². The fourth-order valence-corrected chi connectivity index (χ4v) is 4.15. The van der Waals surface area contributed by atoms with Crippen molar-refractivity contribution in [2.75, 3.05) is 0 Å². The van der Waals surface area contributed by atoms with Gasteiger partial charge < -0.3 is 0 Å². The number of benzene rings is 4. The van der Waals surface area contributed by atoms with Gasteiger partial charge in [0.25, 0.3) is 0 Å². The lowest BCUT2D eigenvalue weighted by molar-refractivity contribution is 1.20. The molecule has 4 rings (SSSR count). The van der Waals surface area contributed by atoms with Crippen LogP contribution in [-0.4, -0.2) is 6.15 Å². The zero-order chi connectivity index (χ0) is 21.1. The minimum atomic E-state index is -1.22. The number of nitrogens with one attached hydrogen (secondary N) is 1. The lowest BCUT2D eigenvalue weighted by Crippen LogP contribution is -2.74. The summed E-state index contributed by atoms with van der Waals surface area (Å²) in [6.07, 6.45) is 1.60. The molecule has 1 N–H and O–H groups in total. The van der Waals surface area contributed by atoms with E-state index in [9.17, 15) is 0 Å². The highest BCUT2D eigenvalue weighted by Gasteiger charge is 2.30. The first-order valence-corrected chi connectivity index (χ1v) is 9.74. The van der Waals surface area contributed by atoms with Gasteiger partial charge in [-0.05, 0) is 0 Å². The van der Waals surface area contributed by atoms with Crippen LogP contribution in [0.2, 0.25) is 0 Å². The Morgan fingerprint density at radius 3 is 0.833 bits per heavy atom. The summed E-state index contributed by atoms with van der Waals surface area (Å²) in [5, 5.41) is 16.7. The van der Waals surface area contributed by atoms with Crippen molar-refractivity contribution >= 4 is 28.0 Å². The van der Waals surface area contributed by atoms with Crippen LogP contribution in [0.5, 0.6) is 0 Å². The molecule has 0 amide bonds. The van der Waals surface area contributed by atoms with Crippen LogP contribution >= 0.6 is 0 Å². The monoisotopic (exact) mass is 386 g/mol. The molecule has 0 fully saturated rings. The van der Waals surface area contributed by atoms with Gasteiger partial charge in [0.15, 0.2) is 12.4 Å². The van der Waals surface area contributed by atoms with Crippen LogP contribution in [0.4, 0.5) is 0 Å². The van der Waals surface area contributed by atoms with E-state index in [4.69, 9.17) is 10.5 Å². The standard InChI is InChI=1S/C24H20B.C2HN3/c1-5-13-21(14-6-1)25(22-15-7-2-8-16-22,23-17-9-3-10-18-23)24-19-11-4-12-20-24;3-1-5-2-4/h1-20H;5H/q-1;. The van der Waals surface area contributed by atoms with Gasteiger partial charge in [-0.3, -0.25) is 0 Å². The molecule has 0 unspecified atom stereocenters. The van der Waals surface area contributed by atoms with E-state index in [0.29, 0.717) is 0 Å². The van der Waals surface area contributed by atoms with Crippen LogP contribution in [0.15, 0.2) is 121 Å². The second-order valence-corrected chi connectivity index (χ2v) is 6.86. The molecule has 0 aliphatic carbocycles. The Morgan fingerprint density at radius 2 is 0.667 bits per heavy atom. The van der Waals surface area contributed by atoms with E-state index < -0.39 is 6.15 Å². The van der Waals surface area contributed by atoms with Gasteiger partial charge in [-0.2, -0.15) is 32.4 Å². The normalized spacial score (nSPS) is 9.93. The lowest BCUT2D eigenvalue weighted by atomic mass is 9.13. The molecular formula is C26H21BN3-. The average Bonchev–Trinajstić information content (AvgIpc) is 2.83. The van der Waals surface area contributed by atoms with Crippen molar-refractivity contribution in [3.05, 3.63) is 121 Å². The fraction of sp³-hybridized carbons (Fsp3) is 0. The SMILES string of the molecule is N#CNC#N.c1ccc([B-](c2ccccc2)(c2ccccc2)c2ccccc2)cc1. The molecule has 0 aromatic heterocycles. The molecular weight excluding hydrogens is 365 g/mol. The maximum absolute atomic E-state index is 7.48. The molecule has 0 aliphatic heterocycles. The summed E-state index contributed by atoms with van der Waals surface area (Å²) in [6, 6.07) is 43.5. The summed E-state index contributed by atoms with van der Waals surface area (Å²) in [6.45, 7) is 0. The van der Waals surface area contributed by atoms with Crippen LogP contribution in [0, 0.1) is 22.9 Å². The molecule has 0 aliphatic rings. The topological polar surface area (TPSA) is 59.6 Å². The van der Waals surface area contributed by atoms with Crippen molar-refractivity contribution in [3.8, 4) is 12.4 Å². The Kier molecular flexibility index (Phi) is 7.04.